The van der Waals surface area contributed by atoms with Crippen molar-refractivity contribution in [3.8, 4) is 11.4 Å². The molecule has 16 heteroatoms. The Morgan fingerprint density at radius 3 is 2.30 bits per heavy atom. The topological polar surface area (TPSA) is 168 Å². The highest BCUT2D eigenvalue weighted by Crippen LogP contribution is 2.30. The fourth-order valence-electron chi connectivity index (χ4n) is 4.93. The number of amides is 2. The van der Waals surface area contributed by atoms with Gasteiger partial charge in [0.2, 0.25) is 29.7 Å². The second-order valence-electron chi connectivity index (χ2n) is 9.80. The van der Waals surface area contributed by atoms with E-state index in [0.29, 0.717) is 64.4 Å². The lowest BCUT2D eigenvalue weighted by Gasteiger charge is -2.35. The van der Waals surface area contributed by atoms with Crippen molar-refractivity contribution in [2.24, 2.45) is 5.92 Å². The Hall–Kier alpha value is -3.79. The summed E-state index contributed by atoms with van der Waals surface area (Å²) in [5.41, 5.74) is 4.97. The minimum absolute atomic E-state index is 0.0147. The van der Waals surface area contributed by atoms with Crippen molar-refractivity contribution >= 4 is 29.7 Å². The van der Waals surface area contributed by atoms with Gasteiger partial charge in [-0.2, -0.15) is 15.0 Å². The molecular weight excluding hydrogens is 528 g/mol. The maximum atomic E-state index is 13.8. The Kier molecular flexibility index (Phi) is 8.74. The third kappa shape index (κ3) is 6.50. The van der Waals surface area contributed by atoms with Crippen LogP contribution < -0.4 is 26.2 Å². The molecule has 5 heterocycles. The highest BCUT2D eigenvalue weighted by Gasteiger charge is 2.28. The molecule has 4 N–H and O–H groups in total. The second-order valence-corrected chi connectivity index (χ2v) is 9.80. The number of nitrogens with two attached hydrogens (primary N) is 1. The lowest BCUT2D eigenvalue weighted by Crippen LogP contribution is -2.52. The Morgan fingerprint density at radius 1 is 1.00 bits per heavy atom. The smallest absolute Gasteiger partial charge is 0.281 e. The van der Waals surface area contributed by atoms with Gasteiger partial charge in [-0.05, 0) is 25.9 Å². The zero-order valence-electron chi connectivity index (χ0n) is 22.1. The first-order valence-electron chi connectivity index (χ1n) is 13.4. The Bertz CT molecular complexity index is 1200. The van der Waals surface area contributed by atoms with Crippen molar-refractivity contribution in [3.05, 3.63) is 11.9 Å². The molecule has 0 atom stereocenters. The number of anilines is 3. The van der Waals surface area contributed by atoms with Gasteiger partial charge >= 0.3 is 0 Å². The van der Waals surface area contributed by atoms with Gasteiger partial charge in [0.05, 0.1) is 25.3 Å². The maximum absolute atomic E-state index is 13.8. The summed E-state index contributed by atoms with van der Waals surface area (Å²) in [6.45, 7) is 5.21. The largest absolute Gasteiger partial charge is 0.378 e. The highest BCUT2D eigenvalue weighted by molar-refractivity contribution is 5.86. The minimum atomic E-state index is -2.91. The van der Waals surface area contributed by atoms with Crippen LogP contribution in [0.3, 0.4) is 0 Å². The third-order valence-corrected chi connectivity index (χ3v) is 7.23. The molecule has 2 aromatic heterocycles. The first-order chi connectivity index (χ1) is 19.4. The molecule has 3 saturated heterocycles. The van der Waals surface area contributed by atoms with Gasteiger partial charge in [0.15, 0.2) is 5.82 Å². The van der Waals surface area contributed by atoms with Crippen molar-refractivity contribution < 1.29 is 23.1 Å². The standard InChI is InChI=1S/C24H33F2N11O3/c25-19(26)18-16(13-30-22(27)31-18)20-32-23(34-24(33-20)37-9-11-40-12-10-37)36-7-5-35(6-8-36)17(38)14-29-21(39)15-1-3-28-4-2-15/h13,15,19,28H,1-12,14H2,(H,29,39)(H2,27,30,31). The molecule has 2 amide bonds. The molecule has 14 nitrogen and oxygen atoms in total. The van der Waals surface area contributed by atoms with E-state index in [1.807, 2.05) is 9.80 Å². The number of halogens is 2. The average Bonchev–Trinajstić information content (AvgIpc) is 3.00. The summed E-state index contributed by atoms with van der Waals surface area (Å²) in [4.78, 5) is 51.9. The van der Waals surface area contributed by atoms with Gasteiger partial charge in [0.1, 0.15) is 5.69 Å². The molecule has 0 radical (unpaired) electrons. The summed E-state index contributed by atoms with van der Waals surface area (Å²) >= 11 is 0. The number of hydrogen-bond donors (Lipinski definition) is 3. The van der Waals surface area contributed by atoms with Crippen LogP contribution in [0, 0.1) is 5.92 Å². The molecule has 3 aliphatic heterocycles. The van der Waals surface area contributed by atoms with Crippen molar-refractivity contribution in [2.75, 3.05) is 87.7 Å². The molecule has 0 aromatic carbocycles. The second kappa shape index (κ2) is 12.6. The van der Waals surface area contributed by atoms with Crippen molar-refractivity contribution in [3.63, 3.8) is 0 Å². The number of rotatable bonds is 7. The van der Waals surface area contributed by atoms with Crippen LogP contribution in [-0.4, -0.2) is 114 Å². The number of hydrogen-bond acceptors (Lipinski definition) is 12. The van der Waals surface area contributed by atoms with Crippen LogP contribution in [0.25, 0.3) is 11.4 Å². The fraction of sp³-hybridized carbons (Fsp3) is 0.625. The maximum Gasteiger partial charge on any atom is 0.281 e. The molecule has 0 saturated carbocycles. The van der Waals surface area contributed by atoms with Gasteiger partial charge in [0.25, 0.3) is 6.43 Å². The average molecular weight is 562 g/mol. The minimum Gasteiger partial charge on any atom is -0.378 e. The summed E-state index contributed by atoms with van der Waals surface area (Å²) in [5, 5.41) is 6.00. The van der Waals surface area contributed by atoms with Crippen LogP contribution in [0.15, 0.2) is 6.20 Å². The molecule has 2 aromatic rings. The van der Waals surface area contributed by atoms with Gasteiger partial charge in [0, 0.05) is 51.4 Å². The Balaban J connectivity index is 1.29. The molecule has 3 aliphatic rings. The number of piperidine rings is 1. The number of carbonyl (C=O) groups excluding carboxylic acids is 2. The lowest BCUT2D eigenvalue weighted by molar-refractivity contribution is -0.134. The van der Waals surface area contributed by atoms with Crippen molar-refractivity contribution in [1.29, 1.82) is 0 Å². The van der Waals surface area contributed by atoms with E-state index in [0.717, 1.165) is 25.9 Å². The summed E-state index contributed by atoms with van der Waals surface area (Å²) in [7, 11) is 0. The fourth-order valence-corrected chi connectivity index (χ4v) is 4.93. The number of nitrogens with zero attached hydrogens (tertiary/aromatic N) is 8. The molecule has 5 rings (SSSR count). The molecule has 0 spiro atoms. The van der Waals surface area contributed by atoms with Gasteiger partial charge in [-0.3, -0.25) is 9.59 Å². The molecule has 0 aliphatic carbocycles. The molecule has 216 valence electrons. The predicted octanol–water partition coefficient (Wildman–Crippen LogP) is -0.551. The van der Waals surface area contributed by atoms with E-state index >= 15 is 0 Å². The van der Waals surface area contributed by atoms with Gasteiger partial charge in [-0.1, -0.05) is 0 Å². The normalized spacial score (nSPS) is 18.7. The van der Waals surface area contributed by atoms with E-state index in [-0.39, 0.29) is 41.6 Å². The van der Waals surface area contributed by atoms with Crippen LogP contribution in [0.5, 0.6) is 0 Å². The first-order valence-corrected chi connectivity index (χ1v) is 13.4. The number of alkyl halides is 2. The van der Waals surface area contributed by atoms with Crippen LogP contribution in [0.1, 0.15) is 25.0 Å². The monoisotopic (exact) mass is 561 g/mol. The number of nitrogen functional groups attached to an aromatic ring is 1. The molecule has 0 bridgehead atoms. The molecule has 40 heavy (non-hydrogen) atoms. The van der Waals surface area contributed by atoms with E-state index in [1.54, 1.807) is 4.90 Å². The molecule has 3 fully saturated rings. The number of morpholine rings is 1. The molecule has 0 unspecified atom stereocenters. The zero-order chi connectivity index (χ0) is 28.1. The number of ether oxygens (including phenoxy) is 1. The summed E-state index contributed by atoms with van der Waals surface area (Å²) in [6, 6.07) is 0. The van der Waals surface area contributed by atoms with Crippen molar-refractivity contribution in [1.82, 2.24) is 40.5 Å². The van der Waals surface area contributed by atoms with E-state index in [1.165, 1.54) is 6.20 Å². The third-order valence-electron chi connectivity index (χ3n) is 7.23. The van der Waals surface area contributed by atoms with Crippen LogP contribution in [0.2, 0.25) is 0 Å². The summed E-state index contributed by atoms with van der Waals surface area (Å²) < 4.78 is 33.1. The van der Waals surface area contributed by atoms with Gasteiger partial charge in [-0.25, -0.2) is 18.7 Å². The zero-order valence-corrected chi connectivity index (χ0v) is 22.1. The van der Waals surface area contributed by atoms with E-state index < -0.39 is 12.1 Å². The van der Waals surface area contributed by atoms with Crippen LogP contribution in [-0.2, 0) is 14.3 Å². The Labute approximate surface area is 229 Å². The lowest BCUT2D eigenvalue weighted by atomic mass is 9.97. The summed E-state index contributed by atoms with van der Waals surface area (Å²) in [6.07, 6.45) is -0.182. The van der Waals surface area contributed by atoms with E-state index in [4.69, 9.17) is 10.5 Å². The van der Waals surface area contributed by atoms with Crippen LogP contribution >= 0.6 is 0 Å². The SMILES string of the molecule is Nc1ncc(-c2nc(N3CCOCC3)nc(N3CCN(C(=O)CNC(=O)C4CCNCC4)CC3)n2)c(C(F)F)n1. The first kappa shape index (κ1) is 27.8. The molecular formula is C24H33F2N11O3. The van der Waals surface area contributed by atoms with Gasteiger partial charge < -0.3 is 35.8 Å². The number of nitrogens with one attached hydrogen (secondary N) is 2. The van der Waals surface area contributed by atoms with Crippen molar-refractivity contribution in [2.45, 2.75) is 19.3 Å². The number of carbonyl (C=O) groups is 2. The van der Waals surface area contributed by atoms with E-state index in [2.05, 4.69) is 35.6 Å². The summed E-state index contributed by atoms with van der Waals surface area (Å²) in [5.74, 6) is 0.0656. The predicted molar refractivity (Wildman–Crippen MR) is 141 cm³/mol. The number of piperazine rings is 1. The van der Waals surface area contributed by atoms with E-state index in [9.17, 15) is 18.4 Å². The highest BCUT2D eigenvalue weighted by atomic mass is 19.3. The number of aromatic nitrogens is 5. The van der Waals surface area contributed by atoms with Crippen LogP contribution in [0.4, 0.5) is 26.6 Å². The quantitative estimate of drug-likeness (QED) is 0.395. The van der Waals surface area contributed by atoms with Gasteiger partial charge in [-0.15, -0.1) is 0 Å². The Morgan fingerprint density at radius 2 is 1.65 bits per heavy atom.